The van der Waals surface area contributed by atoms with E-state index in [0.717, 1.165) is 18.2 Å². The molecule has 1 N–H and O–H groups in total. The Morgan fingerprint density at radius 1 is 1.35 bits per heavy atom. The van der Waals surface area contributed by atoms with Crippen molar-refractivity contribution in [3.05, 3.63) is 34.9 Å². The number of ether oxygens (including phenoxy) is 1. The van der Waals surface area contributed by atoms with E-state index >= 15 is 0 Å². The lowest BCUT2D eigenvalue weighted by Crippen LogP contribution is -2.33. The van der Waals surface area contributed by atoms with Crippen LogP contribution in [-0.4, -0.2) is 19.7 Å². The lowest BCUT2D eigenvalue weighted by atomic mass is 10.00. The summed E-state index contributed by atoms with van der Waals surface area (Å²) in [5.74, 6) is 0. The topological polar surface area (TPSA) is 21.3 Å². The Hall–Kier alpha value is -1.07. The minimum absolute atomic E-state index is 0.147. The molecule has 0 aromatic heterocycles. The standard InChI is InChI=1S/C12H14F3NO/c1-8-6-9(12(13,14)15)2-3-10(8)11-7-16-4-5-17-11/h2-3,6,11,16H,4-5,7H2,1H3. The SMILES string of the molecule is Cc1cc(C(F)(F)F)ccc1C1CNCCO1. The summed E-state index contributed by atoms with van der Waals surface area (Å²) in [6.45, 7) is 3.70. The minimum Gasteiger partial charge on any atom is -0.371 e. The number of rotatable bonds is 1. The molecule has 0 aliphatic carbocycles. The average molecular weight is 245 g/mol. The number of halogens is 3. The molecule has 17 heavy (non-hydrogen) atoms. The van der Waals surface area contributed by atoms with Crippen LogP contribution >= 0.6 is 0 Å². The van der Waals surface area contributed by atoms with Crippen LogP contribution in [0.25, 0.3) is 0 Å². The van der Waals surface area contributed by atoms with Gasteiger partial charge in [-0.25, -0.2) is 0 Å². The van der Waals surface area contributed by atoms with Gasteiger partial charge in [-0.15, -0.1) is 0 Å². The molecule has 5 heteroatoms. The van der Waals surface area contributed by atoms with Crippen LogP contribution in [0.3, 0.4) is 0 Å². The van der Waals surface area contributed by atoms with Gasteiger partial charge in [-0.1, -0.05) is 6.07 Å². The number of morpholine rings is 1. The van der Waals surface area contributed by atoms with Crippen LogP contribution in [0, 0.1) is 6.92 Å². The highest BCUT2D eigenvalue weighted by Crippen LogP contribution is 2.32. The Balaban J connectivity index is 2.25. The first kappa shape index (κ1) is 12.4. The van der Waals surface area contributed by atoms with Gasteiger partial charge in [-0.3, -0.25) is 0 Å². The summed E-state index contributed by atoms with van der Waals surface area (Å²) >= 11 is 0. The molecule has 1 saturated heterocycles. The van der Waals surface area contributed by atoms with E-state index in [0.29, 0.717) is 18.7 Å². The third-order valence-corrected chi connectivity index (χ3v) is 2.87. The number of hydrogen-bond donors (Lipinski definition) is 1. The quantitative estimate of drug-likeness (QED) is 0.821. The zero-order valence-corrected chi connectivity index (χ0v) is 9.47. The zero-order valence-electron chi connectivity index (χ0n) is 9.47. The third kappa shape index (κ3) is 2.79. The molecule has 1 aromatic carbocycles. The predicted molar refractivity (Wildman–Crippen MR) is 57.7 cm³/mol. The van der Waals surface area contributed by atoms with Gasteiger partial charge in [0.1, 0.15) is 0 Å². The number of nitrogens with one attached hydrogen (secondary N) is 1. The normalized spacial score (nSPS) is 21.5. The maximum absolute atomic E-state index is 12.5. The Morgan fingerprint density at radius 2 is 2.12 bits per heavy atom. The third-order valence-electron chi connectivity index (χ3n) is 2.87. The number of alkyl halides is 3. The van der Waals surface area contributed by atoms with E-state index in [-0.39, 0.29) is 6.10 Å². The second kappa shape index (κ2) is 4.66. The highest BCUT2D eigenvalue weighted by Gasteiger charge is 2.31. The van der Waals surface area contributed by atoms with Gasteiger partial charge in [0.15, 0.2) is 0 Å². The largest absolute Gasteiger partial charge is 0.416 e. The molecule has 2 rings (SSSR count). The van der Waals surface area contributed by atoms with Crippen molar-refractivity contribution >= 4 is 0 Å². The molecule has 0 radical (unpaired) electrons. The number of aryl methyl sites for hydroxylation is 1. The Bertz CT molecular complexity index is 397. The van der Waals surface area contributed by atoms with Gasteiger partial charge in [0.25, 0.3) is 0 Å². The summed E-state index contributed by atoms with van der Waals surface area (Å²) in [5, 5.41) is 3.16. The molecule has 0 spiro atoms. The van der Waals surface area contributed by atoms with Gasteiger partial charge in [-0.05, 0) is 30.2 Å². The van der Waals surface area contributed by atoms with Crippen molar-refractivity contribution in [2.24, 2.45) is 0 Å². The van der Waals surface area contributed by atoms with Crippen LogP contribution in [0.1, 0.15) is 22.8 Å². The second-order valence-corrected chi connectivity index (χ2v) is 4.13. The molecular weight excluding hydrogens is 231 g/mol. The molecule has 1 heterocycles. The van der Waals surface area contributed by atoms with Gasteiger partial charge >= 0.3 is 6.18 Å². The van der Waals surface area contributed by atoms with Gasteiger partial charge < -0.3 is 10.1 Å². The van der Waals surface area contributed by atoms with Crippen LogP contribution in [0.5, 0.6) is 0 Å². The summed E-state index contributed by atoms with van der Waals surface area (Å²) in [7, 11) is 0. The minimum atomic E-state index is -4.28. The Morgan fingerprint density at radius 3 is 2.65 bits per heavy atom. The first-order chi connectivity index (χ1) is 7.98. The molecule has 1 unspecified atom stereocenters. The van der Waals surface area contributed by atoms with Gasteiger partial charge in [0.2, 0.25) is 0 Å². The van der Waals surface area contributed by atoms with Crippen LogP contribution in [0.4, 0.5) is 13.2 Å². The molecule has 94 valence electrons. The van der Waals surface area contributed by atoms with E-state index < -0.39 is 11.7 Å². The number of hydrogen-bond acceptors (Lipinski definition) is 2. The molecule has 0 amide bonds. The van der Waals surface area contributed by atoms with Crippen molar-refractivity contribution in [3.63, 3.8) is 0 Å². The lowest BCUT2D eigenvalue weighted by Gasteiger charge is -2.25. The van der Waals surface area contributed by atoms with Crippen molar-refractivity contribution in [3.8, 4) is 0 Å². The van der Waals surface area contributed by atoms with Crippen molar-refractivity contribution in [2.45, 2.75) is 19.2 Å². The molecule has 1 atom stereocenters. The van der Waals surface area contributed by atoms with Gasteiger partial charge in [0, 0.05) is 13.1 Å². The maximum atomic E-state index is 12.5. The second-order valence-electron chi connectivity index (χ2n) is 4.13. The van der Waals surface area contributed by atoms with E-state index in [1.54, 1.807) is 6.92 Å². The Kier molecular flexibility index (Phi) is 3.40. The van der Waals surface area contributed by atoms with Crippen molar-refractivity contribution in [1.82, 2.24) is 5.32 Å². The number of benzene rings is 1. The fourth-order valence-electron chi connectivity index (χ4n) is 1.98. The van der Waals surface area contributed by atoms with Crippen molar-refractivity contribution < 1.29 is 17.9 Å². The molecule has 1 aromatic rings. The van der Waals surface area contributed by atoms with E-state index in [1.165, 1.54) is 12.1 Å². The van der Waals surface area contributed by atoms with E-state index in [4.69, 9.17) is 4.74 Å². The van der Waals surface area contributed by atoms with Crippen LogP contribution in [0.15, 0.2) is 18.2 Å². The summed E-state index contributed by atoms with van der Waals surface area (Å²) in [4.78, 5) is 0. The van der Waals surface area contributed by atoms with Crippen molar-refractivity contribution in [2.75, 3.05) is 19.7 Å². The molecule has 1 aliphatic heterocycles. The van der Waals surface area contributed by atoms with E-state index in [2.05, 4.69) is 5.32 Å². The molecule has 0 saturated carbocycles. The molecule has 1 aliphatic rings. The monoisotopic (exact) mass is 245 g/mol. The molecular formula is C12H14F3NO. The first-order valence-electron chi connectivity index (χ1n) is 5.48. The molecule has 0 bridgehead atoms. The highest BCUT2D eigenvalue weighted by molar-refractivity contribution is 5.34. The van der Waals surface area contributed by atoms with E-state index in [9.17, 15) is 13.2 Å². The molecule has 1 fully saturated rings. The molecule has 2 nitrogen and oxygen atoms in total. The smallest absolute Gasteiger partial charge is 0.371 e. The zero-order chi connectivity index (χ0) is 12.5. The van der Waals surface area contributed by atoms with Crippen LogP contribution in [0.2, 0.25) is 0 Å². The predicted octanol–water partition coefficient (Wildman–Crippen LogP) is 2.67. The lowest BCUT2D eigenvalue weighted by molar-refractivity contribution is -0.137. The summed E-state index contributed by atoms with van der Waals surface area (Å²) < 4.78 is 43.0. The van der Waals surface area contributed by atoms with E-state index in [1.807, 2.05) is 0 Å². The summed E-state index contributed by atoms with van der Waals surface area (Å²) in [6, 6.07) is 3.80. The Labute approximate surface area is 97.8 Å². The fourth-order valence-corrected chi connectivity index (χ4v) is 1.98. The first-order valence-corrected chi connectivity index (χ1v) is 5.48. The van der Waals surface area contributed by atoms with Crippen LogP contribution < -0.4 is 5.32 Å². The van der Waals surface area contributed by atoms with Gasteiger partial charge in [-0.2, -0.15) is 13.2 Å². The fraction of sp³-hybridized carbons (Fsp3) is 0.500. The average Bonchev–Trinajstić information content (AvgIpc) is 2.29. The van der Waals surface area contributed by atoms with Crippen molar-refractivity contribution in [1.29, 1.82) is 0 Å². The highest BCUT2D eigenvalue weighted by atomic mass is 19.4. The summed E-state index contributed by atoms with van der Waals surface area (Å²) in [5.41, 5.74) is 0.834. The van der Waals surface area contributed by atoms with Gasteiger partial charge in [0.05, 0.1) is 18.3 Å². The summed E-state index contributed by atoms with van der Waals surface area (Å²) in [6.07, 6.45) is -4.43. The maximum Gasteiger partial charge on any atom is 0.416 e. The van der Waals surface area contributed by atoms with Crippen LogP contribution in [-0.2, 0) is 10.9 Å².